The van der Waals surface area contributed by atoms with Crippen molar-refractivity contribution in [1.82, 2.24) is 9.66 Å². The predicted octanol–water partition coefficient (Wildman–Crippen LogP) is 4.03. The summed E-state index contributed by atoms with van der Waals surface area (Å²) in [6.45, 7) is 0. The number of nitrogens with zero attached hydrogens (tertiary/aromatic N) is 3. The summed E-state index contributed by atoms with van der Waals surface area (Å²) in [7, 11) is 0. The third kappa shape index (κ3) is 3.25. The van der Waals surface area contributed by atoms with Gasteiger partial charge in [-0.05, 0) is 42.7 Å². The highest BCUT2D eigenvalue weighted by Crippen LogP contribution is 2.31. The third-order valence-corrected chi connectivity index (χ3v) is 4.94. The Morgan fingerprint density at radius 1 is 1.08 bits per heavy atom. The second-order valence-corrected chi connectivity index (χ2v) is 6.78. The monoisotopic (exact) mass is 347 g/mol. The van der Waals surface area contributed by atoms with Crippen molar-refractivity contribution in [3.05, 3.63) is 70.3 Å². The minimum atomic E-state index is -0.146. The first-order valence-electron chi connectivity index (χ1n) is 9.07. The molecule has 1 aliphatic carbocycles. The van der Waals surface area contributed by atoms with Gasteiger partial charge in [-0.2, -0.15) is 9.78 Å². The van der Waals surface area contributed by atoms with Gasteiger partial charge < -0.3 is 5.11 Å². The lowest BCUT2D eigenvalue weighted by Crippen LogP contribution is -2.25. The number of rotatable bonds is 3. The van der Waals surface area contributed by atoms with E-state index in [1.165, 1.54) is 11.1 Å². The van der Waals surface area contributed by atoms with E-state index in [9.17, 15) is 9.90 Å². The van der Waals surface area contributed by atoms with Crippen molar-refractivity contribution < 1.29 is 5.11 Å². The van der Waals surface area contributed by atoms with Crippen LogP contribution in [0, 0.1) is 0 Å². The van der Waals surface area contributed by atoms with E-state index < -0.39 is 0 Å². The van der Waals surface area contributed by atoms with Crippen LogP contribution in [0.3, 0.4) is 0 Å². The largest absolute Gasteiger partial charge is 0.508 e. The second kappa shape index (κ2) is 7.12. The summed E-state index contributed by atoms with van der Waals surface area (Å²) in [6, 6.07) is 14.2. The van der Waals surface area contributed by atoms with Gasteiger partial charge in [0.2, 0.25) is 0 Å². The average molecular weight is 347 g/mol. The van der Waals surface area contributed by atoms with Crippen LogP contribution in [-0.2, 0) is 0 Å². The maximum absolute atomic E-state index is 13.0. The summed E-state index contributed by atoms with van der Waals surface area (Å²) in [5, 5.41) is 14.6. The molecule has 0 unspecified atom stereocenters. The zero-order chi connectivity index (χ0) is 17.9. The molecule has 1 saturated carbocycles. The normalized spacial score (nSPS) is 15.7. The van der Waals surface area contributed by atoms with E-state index in [0.29, 0.717) is 5.39 Å². The highest BCUT2D eigenvalue weighted by molar-refractivity contribution is 5.81. The first-order valence-corrected chi connectivity index (χ1v) is 9.07. The molecular weight excluding hydrogens is 326 g/mol. The Bertz CT molecular complexity index is 1020. The standard InChI is InChI=1S/C21H21N3O2/c25-17-10-6-7-15(13-17)14-22-24-20(16-8-2-1-3-9-16)23-19-12-5-4-11-18(19)21(24)26/h4-7,10-14,16,25H,1-3,8-9H2. The van der Waals surface area contributed by atoms with E-state index in [1.807, 2.05) is 24.3 Å². The SMILES string of the molecule is O=c1c2ccccc2nc(C2CCCCC2)n1N=Cc1cccc(O)c1. The molecule has 1 N–H and O–H groups in total. The smallest absolute Gasteiger partial charge is 0.282 e. The summed E-state index contributed by atoms with van der Waals surface area (Å²) < 4.78 is 1.45. The van der Waals surface area contributed by atoms with E-state index in [-0.39, 0.29) is 17.2 Å². The molecule has 1 fully saturated rings. The lowest BCUT2D eigenvalue weighted by atomic mass is 9.88. The molecule has 1 aliphatic rings. The van der Waals surface area contributed by atoms with Crippen LogP contribution in [-0.4, -0.2) is 21.0 Å². The number of benzene rings is 2. The zero-order valence-electron chi connectivity index (χ0n) is 14.5. The summed E-state index contributed by atoms with van der Waals surface area (Å²) >= 11 is 0. The second-order valence-electron chi connectivity index (χ2n) is 6.78. The quantitative estimate of drug-likeness (QED) is 0.727. The molecule has 2 aromatic carbocycles. The predicted molar refractivity (Wildman–Crippen MR) is 103 cm³/mol. The number of aromatic nitrogens is 2. The number of phenols is 1. The molecule has 5 heteroatoms. The Hall–Kier alpha value is -2.95. The molecule has 4 rings (SSSR count). The van der Waals surface area contributed by atoms with E-state index in [1.54, 1.807) is 30.5 Å². The Balaban J connectivity index is 1.85. The zero-order valence-corrected chi connectivity index (χ0v) is 14.5. The van der Waals surface area contributed by atoms with Crippen molar-refractivity contribution in [3.8, 4) is 5.75 Å². The number of phenolic OH excluding ortho intramolecular Hbond substituents is 1. The first kappa shape index (κ1) is 16.5. The van der Waals surface area contributed by atoms with Gasteiger partial charge in [0.1, 0.15) is 11.6 Å². The fourth-order valence-corrected chi connectivity index (χ4v) is 3.61. The fourth-order valence-electron chi connectivity index (χ4n) is 3.61. The lowest BCUT2D eigenvalue weighted by molar-refractivity contribution is 0.416. The molecule has 0 aliphatic heterocycles. The number of aromatic hydroxyl groups is 1. The van der Waals surface area contributed by atoms with Crippen molar-refractivity contribution in [1.29, 1.82) is 0 Å². The molecule has 1 heterocycles. The van der Waals surface area contributed by atoms with Gasteiger partial charge in [0.15, 0.2) is 0 Å². The maximum atomic E-state index is 13.0. The Kier molecular flexibility index (Phi) is 4.52. The summed E-state index contributed by atoms with van der Waals surface area (Å²) in [5.41, 5.74) is 1.31. The van der Waals surface area contributed by atoms with Crippen molar-refractivity contribution in [2.45, 2.75) is 38.0 Å². The van der Waals surface area contributed by atoms with Crippen LogP contribution in [0.4, 0.5) is 0 Å². The van der Waals surface area contributed by atoms with Crippen LogP contribution < -0.4 is 5.56 Å². The highest BCUT2D eigenvalue weighted by atomic mass is 16.3. The molecule has 0 spiro atoms. The van der Waals surface area contributed by atoms with Crippen LogP contribution in [0.5, 0.6) is 5.75 Å². The minimum Gasteiger partial charge on any atom is -0.508 e. The van der Waals surface area contributed by atoms with Gasteiger partial charge in [0.05, 0.1) is 17.1 Å². The van der Waals surface area contributed by atoms with E-state index in [2.05, 4.69) is 5.10 Å². The van der Waals surface area contributed by atoms with Crippen LogP contribution in [0.15, 0.2) is 58.4 Å². The molecular formula is C21H21N3O2. The molecule has 0 radical (unpaired) electrons. The molecule has 5 nitrogen and oxygen atoms in total. The summed E-state index contributed by atoms with van der Waals surface area (Å²) in [4.78, 5) is 17.8. The number of hydrogen-bond donors (Lipinski definition) is 1. The van der Waals surface area contributed by atoms with Gasteiger partial charge in [0.25, 0.3) is 5.56 Å². The molecule has 132 valence electrons. The van der Waals surface area contributed by atoms with Gasteiger partial charge in [0, 0.05) is 5.92 Å². The Labute approximate surface area is 151 Å². The van der Waals surface area contributed by atoms with Crippen LogP contribution >= 0.6 is 0 Å². The summed E-state index contributed by atoms with van der Waals surface area (Å²) in [6.07, 6.45) is 7.22. The molecule has 3 aromatic rings. The van der Waals surface area contributed by atoms with Crippen LogP contribution in [0.25, 0.3) is 10.9 Å². The average Bonchev–Trinajstić information content (AvgIpc) is 2.68. The molecule has 0 amide bonds. The maximum Gasteiger partial charge on any atom is 0.282 e. The van der Waals surface area contributed by atoms with Crippen molar-refractivity contribution in [3.63, 3.8) is 0 Å². The van der Waals surface area contributed by atoms with Crippen LogP contribution in [0.2, 0.25) is 0 Å². The Morgan fingerprint density at radius 3 is 2.69 bits per heavy atom. The van der Waals surface area contributed by atoms with Gasteiger partial charge in [-0.25, -0.2) is 4.98 Å². The molecule has 26 heavy (non-hydrogen) atoms. The minimum absolute atomic E-state index is 0.146. The number of fused-ring (bicyclic) bond motifs is 1. The van der Waals surface area contributed by atoms with Gasteiger partial charge in [-0.3, -0.25) is 4.79 Å². The van der Waals surface area contributed by atoms with Crippen molar-refractivity contribution in [2.24, 2.45) is 5.10 Å². The topological polar surface area (TPSA) is 67.5 Å². The third-order valence-electron chi connectivity index (χ3n) is 4.94. The van der Waals surface area contributed by atoms with E-state index in [4.69, 9.17) is 4.98 Å². The van der Waals surface area contributed by atoms with E-state index in [0.717, 1.165) is 42.6 Å². The highest BCUT2D eigenvalue weighted by Gasteiger charge is 2.22. The van der Waals surface area contributed by atoms with Crippen molar-refractivity contribution in [2.75, 3.05) is 0 Å². The first-order chi connectivity index (χ1) is 12.7. The molecule has 0 bridgehead atoms. The van der Waals surface area contributed by atoms with Gasteiger partial charge in [-0.1, -0.05) is 43.5 Å². The van der Waals surface area contributed by atoms with Gasteiger partial charge in [-0.15, -0.1) is 0 Å². The number of para-hydroxylation sites is 1. The van der Waals surface area contributed by atoms with Crippen molar-refractivity contribution >= 4 is 17.1 Å². The molecule has 0 atom stereocenters. The summed E-state index contributed by atoms with van der Waals surface area (Å²) in [5.74, 6) is 1.16. The molecule has 1 aromatic heterocycles. The Morgan fingerprint density at radius 2 is 1.88 bits per heavy atom. The van der Waals surface area contributed by atoms with Crippen LogP contribution in [0.1, 0.15) is 49.4 Å². The van der Waals surface area contributed by atoms with E-state index >= 15 is 0 Å². The fraction of sp³-hybridized carbons (Fsp3) is 0.286. The lowest BCUT2D eigenvalue weighted by Gasteiger charge is -2.22. The van der Waals surface area contributed by atoms with Gasteiger partial charge >= 0.3 is 0 Å². The molecule has 0 saturated heterocycles. The number of hydrogen-bond acceptors (Lipinski definition) is 4.